The molecule has 1 N–H and O–H groups in total. The molecule has 0 spiro atoms. The highest BCUT2D eigenvalue weighted by Crippen LogP contribution is 2.15. The molecule has 0 heterocycles. The predicted molar refractivity (Wildman–Crippen MR) is 97.5 cm³/mol. The van der Waals surface area contributed by atoms with Crippen molar-refractivity contribution in [2.45, 2.75) is 104 Å². The molecule has 0 amide bonds. The molecular weight excluding hydrogens is 282 g/mol. The van der Waals surface area contributed by atoms with Gasteiger partial charge in [0.2, 0.25) is 0 Å². The molecule has 0 aliphatic rings. The van der Waals surface area contributed by atoms with E-state index >= 15 is 0 Å². The fraction of sp³-hybridized carbons (Fsp3) is 1.00. The molecule has 0 radical (unpaired) electrons. The second-order valence-corrected chi connectivity index (χ2v) is 6.15. The normalized spacial score (nSPS) is 14.0. The van der Waals surface area contributed by atoms with Crippen molar-refractivity contribution in [3.05, 3.63) is 0 Å². The first-order valence-electron chi connectivity index (χ1n) is 9.09. The van der Waals surface area contributed by atoms with E-state index in [0.717, 1.165) is 19.5 Å². The Morgan fingerprint density at radius 2 is 1.19 bits per heavy atom. The number of rotatable bonds is 14. The minimum Gasteiger partial charge on any atom is -0.392 e. The largest absolute Gasteiger partial charge is 0.392 e. The number of hydrogen-bond acceptors (Lipinski definition) is 2. The molecule has 0 aromatic carbocycles. The van der Waals surface area contributed by atoms with E-state index in [1.165, 1.54) is 57.8 Å². The third-order valence-corrected chi connectivity index (χ3v) is 4.44. The van der Waals surface area contributed by atoms with Crippen LogP contribution >= 0.6 is 12.4 Å². The molecule has 0 rings (SSSR count). The maximum Gasteiger partial charge on any atom is 0.0667 e. The van der Waals surface area contributed by atoms with Crippen molar-refractivity contribution >= 4 is 12.4 Å². The van der Waals surface area contributed by atoms with Crippen LogP contribution in [0.4, 0.5) is 0 Å². The molecule has 2 unspecified atom stereocenters. The lowest BCUT2D eigenvalue weighted by atomic mass is 10.0. The lowest BCUT2D eigenvalue weighted by Crippen LogP contribution is -2.42. The van der Waals surface area contributed by atoms with E-state index in [2.05, 4.69) is 25.7 Å². The summed E-state index contributed by atoms with van der Waals surface area (Å²) < 4.78 is 0. The number of unbranched alkanes of at least 4 members (excludes halogenated alkanes) is 8. The third-order valence-electron chi connectivity index (χ3n) is 4.44. The fourth-order valence-electron chi connectivity index (χ4n) is 3.09. The first-order chi connectivity index (χ1) is 9.67. The predicted octanol–water partition coefficient (Wildman–Crippen LogP) is 5.42. The number of nitrogens with zero attached hydrogens (tertiary/aromatic N) is 1. The summed E-state index contributed by atoms with van der Waals surface area (Å²) in [6, 6.07) is 0.356. The Balaban J connectivity index is 0. The summed E-state index contributed by atoms with van der Waals surface area (Å²) in [4.78, 5) is 2.40. The molecular formula is C18H40ClNO. The topological polar surface area (TPSA) is 23.5 Å². The van der Waals surface area contributed by atoms with Gasteiger partial charge in [0, 0.05) is 6.04 Å². The highest BCUT2D eigenvalue weighted by molar-refractivity contribution is 5.85. The second-order valence-electron chi connectivity index (χ2n) is 6.15. The highest BCUT2D eigenvalue weighted by Gasteiger charge is 2.19. The maximum atomic E-state index is 9.93. The zero-order chi connectivity index (χ0) is 15.2. The van der Waals surface area contributed by atoms with Crippen LogP contribution in [0.2, 0.25) is 0 Å². The van der Waals surface area contributed by atoms with Crippen molar-refractivity contribution in [2.75, 3.05) is 13.1 Å². The van der Waals surface area contributed by atoms with Crippen molar-refractivity contribution in [1.29, 1.82) is 0 Å². The van der Waals surface area contributed by atoms with E-state index in [0.29, 0.717) is 6.04 Å². The van der Waals surface area contributed by atoms with Gasteiger partial charge in [-0.2, -0.15) is 0 Å². The van der Waals surface area contributed by atoms with E-state index in [-0.39, 0.29) is 18.5 Å². The van der Waals surface area contributed by atoms with Crippen molar-refractivity contribution in [3.63, 3.8) is 0 Å². The molecule has 0 bridgehead atoms. The van der Waals surface area contributed by atoms with Gasteiger partial charge in [-0.15, -0.1) is 12.4 Å². The zero-order valence-corrected chi connectivity index (χ0v) is 15.8. The van der Waals surface area contributed by atoms with E-state index in [9.17, 15) is 5.11 Å². The first kappa shape index (κ1) is 23.5. The van der Waals surface area contributed by atoms with Gasteiger partial charge >= 0.3 is 0 Å². The summed E-state index contributed by atoms with van der Waals surface area (Å²) in [6.45, 7) is 10.7. The Hall–Kier alpha value is 0.210. The number of likely N-dealkylation sites (N-methyl/N-ethyl adjacent to an activating group) is 1. The van der Waals surface area contributed by atoms with Gasteiger partial charge < -0.3 is 5.11 Å². The Morgan fingerprint density at radius 1 is 0.762 bits per heavy atom. The van der Waals surface area contributed by atoms with E-state index in [1.807, 2.05) is 6.92 Å². The quantitative estimate of drug-likeness (QED) is 0.432. The van der Waals surface area contributed by atoms with Crippen LogP contribution < -0.4 is 0 Å². The smallest absolute Gasteiger partial charge is 0.0667 e. The van der Waals surface area contributed by atoms with E-state index in [4.69, 9.17) is 0 Å². The molecule has 2 atom stereocenters. The van der Waals surface area contributed by atoms with Crippen LogP contribution in [-0.4, -0.2) is 35.2 Å². The minimum atomic E-state index is -0.205. The highest BCUT2D eigenvalue weighted by atomic mass is 35.5. The summed E-state index contributed by atoms with van der Waals surface area (Å²) in [5, 5.41) is 9.93. The first-order valence-corrected chi connectivity index (χ1v) is 9.09. The second kappa shape index (κ2) is 16.6. The Bertz CT molecular complexity index is 196. The number of hydrogen-bond donors (Lipinski definition) is 1. The summed E-state index contributed by atoms with van der Waals surface area (Å²) in [6.07, 6.45) is 13.3. The summed E-state index contributed by atoms with van der Waals surface area (Å²) in [7, 11) is 0. The average Bonchev–Trinajstić information content (AvgIpc) is 2.44. The van der Waals surface area contributed by atoms with Gasteiger partial charge in [-0.1, -0.05) is 78.6 Å². The molecule has 3 heteroatoms. The molecule has 0 aromatic heterocycles. The number of aliphatic hydroxyl groups excluding tert-OH is 1. The van der Waals surface area contributed by atoms with Crippen LogP contribution in [-0.2, 0) is 0 Å². The third kappa shape index (κ3) is 12.4. The van der Waals surface area contributed by atoms with Crippen molar-refractivity contribution in [3.8, 4) is 0 Å². The Labute approximate surface area is 140 Å². The van der Waals surface area contributed by atoms with Crippen LogP contribution in [0.1, 0.15) is 91.9 Å². The van der Waals surface area contributed by atoms with Gasteiger partial charge in [0.1, 0.15) is 0 Å². The summed E-state index contributed by atoms with van der Waals surface area (Å²) in [5.74, 6) is 0. The molecule has 0 aliphatic carbocycles. The molecule has 0 aliphatic heterocycles. The minimum absolute atomic E-state index is 0. The monoisotopic (exact) mass is 321 g/mol. The van der Waals surface area contributed by atoms with E-state index in [1.54, 1.807) is 0 Å². The Kier molecular flexibility index (Phi) is 18.5. The van der Waals surface area contributed by atoms with Crippen LogP contribution in [0.15, 0.2) is 0 Å². The lowest BCUT2D eigenvalue weighted by molar-refractivity contribution is 0.0601. The summed E-state index contributed by atoms with van der Waals surface area (Å²) in [5.41, 5.74) is 0. The van der Waals surface area contributed by atoms with Gasteiger partial charge in [0.05, 0.1) is 6.10 Å². The van der Waals surface area contributed by atoms with Crippen LogP contribution in [0.5, 0.6) is 0 Å². The lowest BCUT2D eigenvalue weighted by Gasteiger charge is -2.32. The molecule has 2 nitrogen and oxygen atoms in total. The molecule has 21 heavy (non-hydrogen) atoms. The molecule has 0 saturated carbocycles. The fourth-order valence-corrected chi connectivity index (χ4v) is 3.09. The number of aliphatic hydroxyl groups is 1. The molecule has 0 fully saturated rings. The Morgan fingerprint density at radius 3 is 1.57 bits per heavy atom. The average molecular weight is 322 g/mol. The summed E-state index contributed by atoms with van der Waals surface area (Å²) >= 11 is 0. The van der Waals surface area contributed by atoms with Gasteiger partial charge in [0.15, 0.2) is 0 Å². The van der Waals surface area contributed by atoms with Gasteiger partial charge in [0.25, 0.3) is 0 Å². The maximum absolute atomic E-state index is 9.93. The van der Waals surface area contributed by atoms with Crippen molar-refractivity contribution in [1.82, 2.24) is 4.90 Å². The molecule has 0 aromatic rings. The van der Waals surface area contributed by atoms with Gasteiger partial charge in [-0.05, 0) is 26.4 Å². The van der Waals surface area contributed by atoms with Crippen molar-refractivity contribution in [2.24, 2.45) is 0 Å². The van der Waals surface area contributed by atoms with Crippen LogP contribution in [0.25, 0.3) is 0 Å². The van der Waals surface area contributed by atoms with Crippen LogP contribution in [0, 0.1) is 0 Å². The zero-order valence-electron chi connectivity index (χ0n) is 14.9. The molecule has 130 valence electrons. The van der Waals surface area contributed by atoms with Gasteiger partial charge in [-0.3, -0.25) is 4.90 Å². The van der Waals surface area contributed by atoms with Crippen molar-refractivity contribution < 1.29 is 5.11 Å². The van der Waals surface area contributed by atoms with Crippen LogP contribution in [0.3, 0.4) is 0 Å². The number of halogens is 1. The molecule has 0 saturated heterocycles. The SMILES string of the molecule is CCCCCCCCCCCC(C(C)O)N(CC)CC.Cl. The van der Waals surface area contributed by atoms with Gasteiger partial charge in [-0.25, -0.2) is 0 Å². The van der Waals surface area contributed by atoms with E-state index < -0.39 is 0 Å². The standard InChI is InChI=1S/C18H39NO.ClH/c1-5-8-9-10-11-12-13-14-15-16-18(17(4)20)19(6-2)7-3;/h17-18,20H,5-16H2,1-4H3;1H.